The van der Waals surface area contributed by atoms with Crippen LogP contribution in [0.15, 0.2) is 184 Å². The number of fused-ring (bicyclic) bond motifs is 4. The van der Waals surface area contributed by atoms with E-state index in [9.17, 15) is 36.7 Å². The third-order valence-corrected chi connectivity index (χ3v) is 29.1. The summed E-state index contributed by atoms with van der Waals surface area (Å²) in [6, 6.07) is 36.4. The summed E-state index contributed by atoms with van der Waals surface area (Å²) in [7, 11) is 0. The van der Waals surface area contributed by atoms with Gasteiger partial charge in [0.25, 0.3) is 0 Å². The average molecular weight is 1960 g/mol. The molecule has 144 heavy (non-hydrogen) atoms. The number of halogens is 4. The smallest absolute Gasteiger partial charge is 0.241 e. The molecule has 16 heterocycles. The van der Waals surface area contributed by atoms with E-state index in [-0.39, 0.29) is 92.7 Å². The zero-order chi connectivity index (χ0) is 102. The summed E-state index contributed by atoms with van der Waals surface area (Å²) in [4.78, 5) is 99.6. The van der Waals surface area contributed by atoms with Crippen molar-refractivity contribution in [2.24, 2.45) is 0 Å². The summed E-state index contributed by atoms with van der Waals surface area (Å²) in [5.41, 5.74) is 18.6. The van der Waals surface area contributed by atoms with Gasteiger partial charge < -0.3 is 50.0 Å². The Bertz CT molecular complexity index is 6110. The van der Waals surface area contributed by atoms with E-state index in [1.54, 1.807) is 54.7 Å². The lowest BCUT2D eigenvalue weighted by molar-refractivity contribution is -0.121. The lowest BCUT2D eigenvalue weighted by Gasteiger charge is -2.40. The lowest BCUT2D eigenvalue weighted by atomic mass is 9.91. The van der Waals surface area contributed by atoms with Crippen molar-refractivity contribution < 1.29 is 36.7 Å². The van der Waals surface area contributed by atoms with E-state index >= 15 is 0 Å². The first-order valence-electron chi connectivity index (χ1n) is 50.5. The molecule has 8 atom stereocenters. The molecule has 12 aromatic rings. The van der Waals surface area contributed by atoms with Gasteiger partial charge in [0.1, 0.15) is 23.3 Å². The Balaban J connectivity index is 0.000000132. The van der Waals surface area contributed by atoms with Crippen LogP contribution < -0.4 is 40.9 Å². The molecule has 4 N–H and O–H groups in total. The number of hydrogen-bond donors (Lipinski definition) is 4. The minimum absolute atomic E-state index is 0.0800. The van der Waals surface area contributed by atoms with Crippen molar-refractivity contribution >= 4 is 46.4 Å². The second-order valence-electron chi connectivity index (χ2n) is 43.6. The van der Waals surface area contributed by atoms with Gasteiger partial charge in [-0.3, -0.25) is 63.4 Å². The molecule has 0 bridgehead atoms. The van der Waals surface area contributed by atoms with Crippen LogP contribution in [0.4, 0.5) is 40.3 Å². The van der Waals surface area contributed by atoms with Crippen molar-refractivity contribution in [2.75, 3.05) is 124 Å². The number of aromatic nitrogens is 14. The van der Waals surface area contributed by atoms with Gasteiger partial charge >= 0.3 is 0 Å². The highest BCUT2D eigenvalue weighted by molar-refractivity contribution is 6.00. The molecule has 760 valence electrons. The minimum atomic E-state index is -0.246. The van der Waals surface area contributed by atoms with Gasteiger partial charge in [0.05, 0.1) is 121 Å². The number of nitrogens with one attached hydrogen (secondary N) is 4. The molecular weight excluding hydrogens is 1830 g/mol. The Morgan fingerprint density at radius 2 is 0.674 bits per heavy atom. The largest absolute Gasteiger partial charge is 0.336 e. The van der Waals surface area contributed by atoms with Crippen LogP contribution >= 0.6 is 0 Å². The number of aryl methyl sites for hydroxylation is 4. The molecule has 4 saturated heterocycles. The number of imidazole rings is 2. The first-order valence-corrected chi connectivity index (χ1v) is 50.5. The van der Waals surface area contributed by atoms with Crippen LogP contribution in [-0.4, -0.2) is 265 Å². The first kappa shape index (κ1) is 103. The van der Waals surface area contributed by atoms with Crippen molar-refractivity contribution in [3.05, 3.63) is 297 Å². The number of pyridine rings is 4. The fourth-order valence-corrected chi connectivity index (χ4v) is 21.4. The van der Waals surface area contributed by atoms with E-state index in [1.165, 1.54) is 48.5 Å². The quantitative estimate of drug-likeness (QED) is 0.0409. The fraction of sp³-hybridized carbons (Fsp3) is 0.473. The summed E-state index contributed by atoms with van der Waals surface area (Å²) in [5, 5.41) is 30.7. The Labute approximate surface area is 842 Å². The molecule has 0 aliphatic carbocycles. The van der Waals surface area contributed by atoms with E-state index in [2.05, 4.69) is 195 Å². The SMILES string of the molecule is Cc1cn(C[C@H]2CN[C@H](C)CN2CC(=O)N2CC(C)(C)c3ncc(Cc4ccc(F)cc4)cc32)cn1.Cc1cn(C[C@H]2CN[C@H](C)CN2CC(=O)N2CC(C)(C)c3ncc(Cc4ccc(F)cc4)cc32)nn1.Cc1cncn1C[C@H]1CN[C@H](C)CN1CC(=O)N1CC(C)(C)c2ncc(Cc3ccc(F)cc3)cc21.Cc1cnnn1C[C@H]1CN[C@H](C)CN1CC(=O)N1CC(C)(C)c2ncc(Cc3ccc(F)cc3)cc21. The number of amides is 4. The van der Waals surface area contributed by atoms with Crippen molar-refractivity contribution in [1.82, 2.24) is 110 Å². The molecule has 34 heteroatoms. The molecule has 8 aliphatic heterocycles. The first-order chi connectivity index (χ1) is 68.7. The number of benzene rings is 4. The number of anilines is 4. The van der Waals surface area contributed by atoms with Crippen LogP contribution in [0.5, 0.6) is 0 Å². The van der Waals surface area contributed by atoms with Crippen LogP contribution in [0.1, 0.15) is 173 Å². The lowest BCUT2D eigenvalue weighted by Crippen LogP contribution is -2.59. The Morgan fingerprint density at radius 3 is 0.958 bits per heavy atom. The van der Waals surface area contributed by atoms with Crippen LogP contribution in [0.25, 0.3) is 0 Å². The topological polar surface area (TPSA) is 291 Å². The van der Waals surface area contributed by atoms with Crippen molar-refractivity contribution in [3.63, 3.8) is 0 Å². The van der Waals surface area contributed by atoms with Crippen molar-refractivity contribution in [2.45, 2.75) is 233 Å². The molecule has 4 fully saturated rings. The van der Waals surface area contributed by atoms with Gasteiger partial charge in [-0.1, -0.05) is 114 Å². The number of hydrogen-bond acceptors (Lipinski definition) is 22. The molecule has 8 aromatic heterocycles. The van der Waals surface area contributed by atoms with E-state index < -0.39 is 0 Å². The van der Waals surface area contributed by atoms with Crippen LogP contribution in [0, 0.1) is 51.0 Å². The van der Waals surface area contributed by atoms with Gasteiger partial charge in [-0.15, -0.1) is 10.2 Å². The summed E-state index contributed by atoms with van der Waals surface area (Å²) >= 11 is 0. The maximum absolute atomic E-state index is 13.8. The summed E-state index contributed by atoms with van der Waals surface area (Å²) in [6.45, 7) is 46.9. The standard InChI is InChI=1S/2C28H35FN6O.2C27H34FN7O/c1-19-14-33(24(13-31-19)15-34-18-30-11-20(34)2)16-26(36)35-17-28(3,4)27-25(35)10-22(12-32-27)9-21-5-7-23(29)8-6-21;1-19-13-33(18-32-19)15-24-12-30-20(2)14-34(24)16-26(36)35-17-28(3,4)27-25(35)10-22(11-31-27)9-21-5-7-23(29)8-6-21;1-18-14-33(23(13-29-18)15-35-19(2)11-31-32-35)16-25(36)34-17-27(3,4)26-24(34)10-21(12-30-26)9-20-5-7-22(28)8-6-20;1-18-13-33(23(12-29-18)15-34-14-19(2)31-32-34)16-25(36)35-17-27(3,4)26-24(35)10-21(11-30-26)9-20-5-7-22(28)8-6-20/h5-8,10-12,18-19,24,31H,9,13-17H2,1-4H3;5-8,10-11,13,18,20,24,30H,9,12,14-17H2,1-4H3;5-8,10-12,18,23,29H,9,13-17H2,1-4H3;5-8,10-11,14,18,23,29H,9,12-13,15-17H2,1-4H3/t19-,24-;20-,24-;2*18-,23-/m1111/s1. The van der Waals surface area contributed by atoms with Crippen molar-refractivity contribution in [1.29, 1.82) is 0 Å². The van der Waals surface area contributed by atoms with Gasteiger partial charge in [-0.25, -0.2) is 32.2 Å². The second-order valence-corrected chi connectivity index (χ2v) is 43.6. The monoisotopic (exact) mass is 1960 g/mol. The highest BCUT2D eigenvalue weighted by Crippen LogP contribution is 2.45. The molecule has 8 aliphatic rings. The van der Waals surface area contributed by atoms with E-state index in [4.69, 9.17) is 19.9 Å². The normalized spacial score (nSPS) is 21.5. The van der Waals surface area contributed by atoms with Crippen LogP contribution in [-0.2, 0) is 92.7 Å². The highest BCUT2D eigenvalue weighted by atomic mass is 19.1. The maximum Gasteiger partial charge on any atom is 0.241 e. The number of nitrogens with zero attached hydrogens (tertiary/aromatic N) is 22. The molecule has 0 saturated carbocycles. The van der Waals surface area contributed by atoms with E-state index in [0.29, 0.717) is 115 Å². The number of piperazine rings is 4. The molecule has 0 unspecified atom stereocenters. The summed E-state index contributed by atoms with van der Waals surface area (Å²) in [6.07, 6.45) is 21.4. The zero-order valence-corrected chi connectivity index (χ0v) is 85.9. The number of carbonyl (C=O) groups excluding carboxylic acids is 4. The third kappa shape index (κ3) is 24.8. The third-order valence-electron chi connectivity index (χ3n) is 29.1. The molecule has 4 aromatic carbocycles. The van der Waals surface area contributed by atoms with Gasteiger partial charge in [-0.05, 0) is 198 Å². The van der Waals surface area contributed by atoms with Crippen LogP contribution in [0.2, 0.25) is 0 Å². The van der Waals surface area contributed by atoms with Gasteiger partial charge in [-0.2, -0.15) is 0 Å². The second kappa shape index (κ2) is 43.8. The predicted molar refractivity (Wildman–Crippen MR) is 550 cm³/mol. The fourth-order valence-electron chi connectivity index (χ4n) is 21.4. The molecule has 30 nitrogen and oxygen atoms in total. The van der Waals surface area contributed by atoms with E-state index in [1.807, 2.05) is 106 Å². The van der Waals surface area contributed by atoms with Gasteiger partial charge in [0, 0.05) is 211 Å². The Kier molecular flexibility index (Phi) is 31.3. The maximum atomic E-state index is 13.8. The Morgan fingerprint density at radius 1 is 0.354 bits per heavy atom. The average Bonchev–Trinajstić information content (AvgIpc) is 1.62. The molecular formula is C110H138F4N26O4. The molecule has 20 rings (SSSR count). The van der Waals surface area contributed by atoms with Crippen molar-refractivity contribution in [3.8, 4) is 0 Å². The van der Waals surface area contributed by atoms with E-state index in [0.717, 1.165) is 178 Å². The molecule has 0 spiro atoms. The zero-order valence-electron chi connectivity index (χ0n) is 85.9. The van der Waals surface area contributed by atoms with Gasteiger partial charge in [0.2, 0.25) is 23.6 Å². The predicted octanol–water partition coefficient (Wildman–Crippen LogP) is 12.0. The summed E-state index contributed by atoms with van der Waals surface area (Å²) < 4.78 is 61.3. The summed E-state index contributed by atoms with van der Waals surface area (Å²) in [5.74, 6) is -0.616. The van der Waals surface area contributed by atoms with Crippen LogP contribution in [0.3, 0.4) is 0 Å². The number of carbonyl (C=O) groups is 4. The highest BCUT2D eigenvalue weighted by Gasteiger charge is 2.47. The molecule has 0 radical (unpaired) electrons. The minimum Gasteiger partial charge on any atom is -0.336 e. The molecule has 4 amide bonds. The number of rotatable bonds is 24. The Hall–Kier alpha value is -12.5. The van der Waals surface area contributed by atoms with Gasteiger partial charge in [0.15, 0.2) is 0 Å².